The first-order chi connectivity index (χ1) is 1.00. The van der Waals surface area contributed by atoms with Crippen LogP contribution < -0.4 is 0 Å². The summed E-state index contributed by atoms with van der Waals surface area (Å²) in [7, 11) is 0. The van der Waals surface area contributed by atoms with E-state index < -0.39 is 0 Å². The summed E-state index contributed by atoms with van der Waals surface area (Å²) in [4.78, 5) is 0. The van der Waals surface area contributed by atoms with Gasteiger partial charge >= 0.3 is 27.5 Å². The SMILES string of the molecule is [Cr].[Cu].[O]=[Zr].[Zn]. The minimum Gasteiger partial charge on any atom is 0 e. The molecular formula is CrCuOZnZr. The summed E-state index contributed by atoms with van der Waals surface area (Å²) in [5.41, 5.74) is 0. The molecule has 0 saturated heterocycles. The summed E-state index contributed by atoms with van der Waals surface area (Å²) in [6, 6.07) is 0. The van der Waals surface area contributed by atoms with Gasteiger partial charge < -0.3 is 0 Å². The van der Waals surface area contributed by atoms with Gasteiger partial charge in [-0.15, -0.1) is 0 Å². The quantitative estimate of drug-likeness (QED) is 0.568. The fraction of sp³-hybridized carbons (Fsp3) is 0. The van der Waals surface area contributed by atoms with E-state index in [9.17, 15) is 0 Å². The molecule has 1 radical (unpaired) electrons. The maximum absolute atomic E-state index is 8.34. The Morgan fingerprint density at radius 3 is 1.20 bits per heavy atom. The monoisotopic (exact) mass is 285 g/mol. The van der Waals surface area contributed by atoms with Crippen LogP contribution in [0.4, 0.5) is 0 Å². The fourth-order valence-electron chi connectivity index (χ4n) is 0. The number of hydrogen-bond acceptors (Lipinski definition) is 1. The van der Waals surface area contributed by atoms with Crippen molar-refractivity contribution < 1.29 is 81.4 Å². The molecule has 0 aromatic heterocycles. The first-order valence-corrected chi connectivity index (χ1v) is 1.21. The molecule has 1 nitrogen and oxygen atoms in total. The van der Waals surface area contributed by atoms with E-state index in [2.05, 4.69) is 0 Å². The van der Waals surface area contributed by atoms with Gasteiger partial charge in [0.25, 0.3) is 0 Å². The molecule has 0 bridgehead atoms. The second kappa shape index (κ2) is 32.8. The Hall–Kier alpha value is 2.36. The van der Waals surface area contributed by atoms with Crippen molar-refractivity contribution in [3.05, 3.63) is 0 Å². The Morgan fingerprint density at radius 2 is 1.20 bits per heavy atom. The van der Waals surface area contributed by atoms with Crippen LogP contribution >= 0.6 is 0 Å². The molecule has 5 heteroatoms. The van der Waals surface area contributed by atoms with Crippen molar-refractivity contribution in [2.45, 2.75) is 0 Å². The summed E-state index contributed by atoms with van der Waals surface area (Å²) < 4.78 is 8.34. The van der Waals surface area contributed by atoms with Gasteiger partial charge in [-0.05, 0) is 0 Å². The zero-order chi connectivity index (χ0) is 2.00. The van der Waals surface area contributed by atoms with Crippen molar-refractivity contribution in [1.29, 1.82) is 0 Å². The molecule has 0 amide bonds. The summed E-state index contributed by atoms with van der Waals surface area (Å²) in [6.45, 7) is 0. The minimum absolute atomic E-state index is 0. The molecule has 0 aliphatic heterocycles. The summed E-state index contributed by atoms with van der Waals surface area (Å²) in [6.07, 6.45) is 0. The molecule has 0 N–H and O–H groups in total. The second-order valence-electron chi connectivity index (χ2n) is 0. The second-order valence-corrected chi connectivity index (χ2v) is 0. The van der Waals surface area contributed by atoms with Crippen LogP contribution in [-0.2, 0) is 81.4 Å². The van der Waals surface area contributed by atoms with Gasteiger partial charge in [-0.1, -0.05) is 0 Å². The van der Waals surface area contributed by atoms with E-state index in [0.717, 1.165) is 0 Å². The van der Waals surface area contributed by atoms with Gasteiger partial charge in [0, 0.05) is 53.9 Å². The molecule has 0 saturated carbocycles. The van der Waals surface area contributed by atoms with Crippen LogP contribution in [0.5, 0.6) is 0 Å². The third kappa shape index (κ3) is 21.7. The van der Waals surface area contributed by atoms with E-state index in [1.807, 2.05) is 0 Å². The smallest absolute Gasteiger partial charge is 0 e. The van der Waals surface area contributed by atoms with Crippen LogP contribution in [0.25, 0.3) is 0 Å². The predicted octanol–water partition coefficient (Wildman–Crippen LogP) is -0.129. The van der Waals surface area contributed by atoms with Crippen LogP contribution in [0.3, 0.4) is 0 Å². The molecule has 0 spiro atoms. The Kier molecular flexibility index (Phi) is 173. The summed E-state index contributed by atoms with van der Waals surface area (Å²) in [5.74, 6) is 0. The molecule has 0 aliphatic carbocycles. The largest absolute Gasteiger partial charge is 0 e. The zero-order valence-electron chi connectivity index (χ0n) is 2.33. The molecule has 0 atom stereocenters. The van der Waals surface area contributed by atoms with E-state index in [-0.39, 0.29) is 53.9 Å². The Morgan fingerprint density at radius 1 is 1.20 bits per heavy atom. The molecule has 5 heavy (non-hydrogen) atoms. The minimum atomic E-state index is 0. The van der Waals surface area contributed by atoms with Crippen LogP contribution in [0.2, 0.25) is 0 Å². The zero-order valence-corrected chi connectivity index (χ0v) is 9.97. The van der Waals surface area contributed by atoms with Crippen LogP contribution in [0.1, 0.15) is 0 Å². The number of rotatable bonds is 0. The maximum atomic E-state index is 8.34. The molecule has 0 heterocycles. The van der Waals surface area contributed by atoms with Crippen LogP contribution in [0, 0.1) is 0 Å². The van der Waals surface area contributed by atoms with Crippen LogP contribution in [-0.4, -0.2) is 0 Å². The van der Waals surface area contributed by atoms with Gasteiger partial charge in [-0.25, -0.2) is 0 Å². The average molecular weight is 288 g/mol. The Labute approximate surface area is 80.3 Å². The molecule has 0 fully saturated rings. The van der Waals surface area contributed by atoms with Crippen molar-refractivity contribution in [2.75, 3.05) is 0 Å². The van der Waals surface area contributed by atoms with Gasteiger partial charge in [-0.2, -0.15) is 0 Å². The normalized spacial score (nSPS) is 0.600. The van der Waals surface area contributed by atoms with Crippen molar-refractivity contribution in [3.63, 3.8) is 0 Å². The van der Waals surface area contributed by atoms with Crippen molar-refractivity contribution in [1.82, 2.24) is 0 Å². The van der Waals surface area contributed by atoms with Gasteiger partial charge in [0.2, 0.25) is 0 Å². The first kappa shape index (κ1) is 26.4. The van der Waals surface area contributed by atoms with E-state index in [1.165, 1.54) is 0 Å². The van der Waals surface area contributed by atoms with Crippen LogP contribution in [0.15, 0.2) is 0 Å². The van der Waals surface area contributed by atoms with Crippen molar-refractivity contribution in [3.8, 4) is 0 Å². The maximum Gasteiger partial charge on any atom is 0 e. The fourth-order valence-corrected chi connectivity index (χ4v) is 0. The molecule has 0 unspecified atom stereocenters. The Bertz CT molecular complexity index is 11.6. The third-order valence-corrected chi connectivity index (χ3v) is 0. The topological polar surface area (TPSA) is 17.1 Å². The third-order valence-electron chi connectivity index (χ3n) is 0. The van der Waals surface area contributed by atoms with Crippen molar-refractivity contribution in [2.24, 2.45) is 0 Å². The predicted molar refractivity (Wildman–Crippen MR) is 0.686 cm³/mol. The summed E-state index contributed by atoms with van der Waals surface area (Å²) in [5, 5.41) is 0. The molecule has 0 rings (SSSR count). The summed E-state index contributed by atoms with van der Waals surface area (Å²) >= 11 is 0.300. The van der Waals surface area contributed by atoms with Gasteiger partial charge in [-0.3, -0.25) is 0 Å². The van der Waals surface area contributed by atoms with E-state index >= 15 is 0 Å². The van der Waals surface area contributed by atoms with Gasteiger partial charge in [0.1, 0.15) is 0 Å². The average Bonchev–Trinajstić information content (AvgIpc) is 1.00. The van der Waals surface area contributed by atoms with E-state index in [4.69, 9.17) is 2.81 Å². The molecule has 29 valence electrons. The molecule has 0 aliphatic rings. The van der Waals surface area contributed by atoms with E-state index in [0.29, 0.717) is 24.7 Å². The Balaban J connectivity index is -0.00000000167. The number of hydrogen-bond donors (Lipinski definition) is 0. The molecule has 0 aromatic rings. The van der Waals surface area contributed by atoms with Crippen molar-refractivity contribution >= 4 is 0 Å². The standard InChI is InChI=1S/Cr.Cu.O.Zn.Zr. The van der Waals surface area contributed by atoms with E-state index in [1.54, 1.807) is 0 Å². The molecule has 0 aromatic carbocycles. The van der Waals surface area contributed by atoms with Gasteiger partial charge in [0.05, 0.1) is 0 Å². The van der Waals surface area contributed by atoms with Gasteiger partial charge in [0.15, 0.2) is 0 Å². The molecular weight excluding hydrogens is 288 g/mol. The first-order valence-electron chi connectivity index (χ1n) is 0.204.